The van der Waals surface area contributed by atoms with E-state index in [1.807, 2.05) is 18.2 Å². The molecule has 0 N–H and O–H groups in total. The highest BCUT2D eigenvalue weighted by Crippen LogP contribution is 2.25. The van der Waals surface area contributed by atoms with Crippen LogP contribution in [0.25, 0.3) is 0 Å². The van der Waals surface area contributed by atoms with Crippen molar-refractivity contribution < 1.29 is 19.0 Å². The molecule has 314 valence electrons. The van der Waals surface area contributed by atoms with Gasteiger partial charge in [0.15, 0.2) is 0 Å². The highest BCUT2D eigenvalue weighted by Gasteiger charge is 2.14. The van der Waals surface area contributed by atoms with Crippen LogP contribution < -0.4 is 9.47 Å². The Hall–Kier alpha value is -1.79. The maximum absolute atomic E-state index is 12.6. The van der Waals surface area contributed by atoms with Gasteiger partial charge in [-0.05, 0) is 50.6 Å². The number of likely N-dealkylation sites (N-methyl/N-ethyl adjacent to an activating group) is 1. The van der Waals surface area contributed by atoms with E-state index in [4.69, 9.17) is 14.2 Å². The van der Waals surface area contributed by atoms with Gasteiger partial charge in [0.1, 0.15) is 18.1 Å². The van der Waals surface area contributed by atoms with Crippen LogP contribution in [0, 0.1) is 0 Å². The van der Waals surface area contributed by atoms with Gasteiger partial charge >= 0.3 is 5.97 Å². The number of esters is 1. The number of benzene rings is 1. The summed E-state index contributed by atoms with van der Waals surface area (Å²) in [6.07, 6.45) is 39.2. The minimum Gasteiger partial charge on any atom is -0.493 e. The molecule has 1 aromatic rings. The van der Waals surface area contributed by atoms with Crippen molar-refractivity contribution >= 4 is 5.97 Å². The molecule has 0 unspecified atom stereocenters. The zero-order chi connectivity index (χ0) is 38.6. The first-order valence-electron chi connectivity index (χ1n) is 23.6. The molecule has 0 atom stereocenters. The fourth-order valence-corrected chi connectivity index (χ4v) is 7.61. The van der Waals surface area contributed by atoms with E-state index in [1.54, 1.807) is 0 Å². The largest absolute Gasteiger partial charge is 0.493 e. The smallest absolute Gasteiger partial charge is 0.306 e. The number of rotatable bonds is 38. The van der Waals surface area contributed by atoms with Crippen molar-refractivity contribution in [3.05, 3.63) is 23.8 Å². The molecular weight excluding hydrogens is 669 g/mol. The number of unbranched alkanes of at least 4 members (excludes halogenated alkanes) is 26. The van der Waals surface area contributed by atoms with Gasteiger partial charge in [-0.3, -0.25) is 4.79 Å². The van der Waals surface area contributed by atoms with E-state index in [-0.39, 0.29) is 12.6 Å². The van der Waals surface area contributed by atoms with Gasteiger partial charge in [0.25, 0.3) is 0 Å². The van der Waals surface area contributed by atoms with Crippen molar-refractivity contribution in [1.29, 1.82) is 0 Å². The second-order valence-electron chi connectivity index (χ2n) is 16.6. The summed E-state index contributed by atoms with van der Waals surface area (Å²) in [5.74, 6) is 1.52. The molecule has 0 radical (unpaired) electrons. The van der Waals surface area contributed by atoms with Crippen LogP contribution in [-0.2, 0) is 16.1 Å². The van der Waals surface area contributed by atoms with E-state index >= 15 is 0 Å². The third-order valence-electron chi connectivity index (χ3n) is 11.3. The Balaban J connectivity index is 1.64. The van der Waals surface area contributed by atoms with Crippen LogP contribution in [0.4, 0.5) is 0 Å². The van der Waals surface area contributed by atoms with Crippen LogP contribution in [0.5, 0.6) is 11.5 Å². The lowest BCUT2D eigenvalue weighted by Crippen LogP contribution is -2.44. The Morgan fingerprint density at radius 3 is 1.26 bits per heavy atom. The zero-order valence-corrected chi connectivity index (χ0v) is 36.1. The van der Waals surface area contributed by atoms with Crippen LogP contribution >= 0.6 is 0 Å². The Kier molecular flexibility index (Phi) is 31.9. The number of hydrogen-bond acceptors (Lipinski definition) is 6. The van der Waals surface area contributed by atoms with Crippen molar-refractivity contribution in [2.75, 3.05) is 53.0 Å². The number of carbonyl (C=O) groups excluding carboxylic acids is 1. The Labute approximate surface area is 335 Å². The van der Waals surface area contributed by atoms with Crippen LogP contribution in [0.15, 0.2) is 18.2 Å². The summed E-state index contributed by atoms with van der Waals surface area (Å²) < 4.78 is 18.2. The molecule has 1 saturated heterocycles. The van der Waals surface area contributed by atoms with Crippen molar-refractivity contribution in [2.24, 2.45) is 0 Å². The van der Waals surface area contributed by atoms with E-state index in [1.165, 1.54) is 167 Å². The first-order chi connectivity index (χ1) is 26.6. The molecule has 6 nitrogen and oxygen atoms in total. The lowest BCUT2D eigenvalue weighted by Gasteiger charge is -2.32. The molecule has 1 aromatic carbocycles. The highest BCUT2D eigenvalue weighted by atomic mass is 16.5. The van der Waals surface area contributed by atoms with Gasteiger partial charge in [0.05, 0.1) is 13.2 Å². The SMILES string of the molecule is CCCCCCCCCCCCCCCCOc1cc(COC(=O)CCCN2CCN(C)CC2)cc(OCCCCCCCCCCCCCCCC)c1. The highest BCUT2D eigenvalue weighted by molar-refractivity contribution is 5.69. The Bertz CT molecular complexity index is 927. The lowest BCUT2D eigenvalue weighted by molar-refractivity contribution is -0.145. The molecule has 1 aliphatic rings. The summed E-state index contributed by atoms with van der Waals surface area (Å²) in [4.78, 5) is 17.4. The van der Waals surface area contributed by atoms with Gasteiger partial charge in [-0.2, -0.15) is 0 Å². The molecule has 0 saturated carbocycles. The second-order valence-corrected chi connectivity index (χ2v) is 16.6. The van der Waals surface area contributed by atoms with Gasteiger partial charge in [-0.15, -0.1) is 0 Å². The number of ether oxygens (including phenoxy) is 3. The standard InChI is InChI=1S/C48H88N2O4/c1-4-6-8-10-12-14-16-18-20-22-24-26-28-30-39-52-46-41-45(44-54-48(51)33-32-34-50-37-35-49(3)36-38-50)42-47(43-46)53-40-31-29-27-25-23-21-19-17-15-13-11-9-7-5-2/h41-43H,4-40,44H2,1-3H3. The van der Waals surface area contributed by atoms with E-state index in [0.717, 1.165) is 69.0 Å². The van der Waals surface area contributed by atoms with Crippen molar-refractivity contribution in [1.82, 2.24) is 9.80 Å². The molecule has 0 aliphatic carbocycles. The first-order valence-corrected chi connectivity index (χ1v) is 23.6. The van der Waals surface area contributed by atoms with Crippen molar-refractivity contribution in [2.45, 2.75) is 213 Å². The zero-order valence-electron chi connectivity index (χ0n) is 36.1. The van der Waals surface area contributed by atoms with E-state index in [2.05, 4.69) is 30.7 Å². The summed E-state index contributed by atoms with van der Waals surface area (Å²) >= 11 is 0. The summed E-state index contributed by atoms with van der Waals surface area (Å²) in [7, 11) is 2.17. The molecule has 1 aliphatic heterocycles. The summed E-state index contributed by atoms with van der Waals surface area (Å²) in [5, 5.41) is 0. The third kappa shape index (κ3) is 28.6. The Morgan fingerprint density at radius 1 is 0.500 bits per heavy atom. The van der Waals surface area contributed by atoms with E-state index in [0.29, 0.717) is 19.6 Å². The predicted octanol–water partition coefficient (Wildman–Crippen LogP) is 13.5. The number of carbonyl (C=O) groups is 1. The number of piperazine rings is 1. The molecular formula is C48H88N2O4. The molecule has 6 heteroatoms. The molecule has 1 fully saturated rings. The molecule has 2 rings (SSSR count). The minimum atomic E-state index is -0.122. The molecule has 0 amide bonds. The molecule has 0 aromatic heterocycles. The maximum atomic E-state index is 12.6. The van der Waals surface area contributed by atoms with Gasteiger partial charge < -0.3 is 24.0 Å². The van der Waals surface area contributed by atoms with Crippen LogP contribution in [0.2, 0.25) is 0 Å². The first kappa shape index (κ1) is 48.4. The van der Waals surface area contributed by atoms with Crippen molar-refractivity contribution in [3.63, 3.8) is 0 Å². The Morgan fingerprint density at radius 2 is 0.870 bits per heavy atom. The maximum Gasteiger partial charge on any atom is 0.306 e. The lowest BCUT2D eigenvalue weighted by atomic mass is 10.0. The van der Waals surface area contributed by atoms with Gasteiger partial charge in [-0.25, -0.2) is 0 Å². The normalized spacial score (nSPS) is 13.8. The molecule has 1 heterocycles. The number of hydrogen-bond donors (Lipinski definition) is 0. The fourth-order valence-electron chi connectivity index (χ4n) is 7.61. The van der Waals surface area contributed by atoms with Crippen LogP contribution in [0.3, 0.4) is 0 Å². The predicted molar refractivity (Wildman–Crippen MR) is 231 cm³/mol. The van der Waals surface area contributed by atoms with Gasteiger partial charge in [0, 0.05) is 38.7 Å². The average molecular weight is 757 g/mol. The fraction of sp³-hybridized carbons (Fsp3) is 0.854. The third-order valence-corrected chi connectivity index (χ3v) is 11.3. The monoisotopic (exact) mass is 757 g/mol. The average Bonchev–Trinajstić information content (AvgIpc) is 3.18. The van der Waals surface area contributed by atoms with Crippen molar-refractivity contribution in [3.8, 4) is 11.5 Å². The van der Waals surface area contributed by atoms with E-state index in [9.17, 15) is 4.79 Å². The summed E-state index contributed by atoms with van der Waals surface area (Å²) in [5.41, 5.74) is 0.942. The molecule has 54 heavy (non-hydrogen) atoms. The quantitative estimate of drug-likeness (QED) is 0.0495. The van der Waals surface area contributed by atoms with Crippen LogP contribution in [-0.4, -0.2) is 68.8 Å². The second kappa shape index (κ2) is 35.6. The molecule has 0 spiro atoms. The topological polar surface area (TPSA) is 51.2 Å². The van der Waals surface area contributed by atoms with E-state index < -0.39 is 0 Å². The minimum absolute atomic E-state index is 0.122. The van der Waals surface area contributed by atoms with Crippen LogP contribution in [0.1, 0.15) is 212 Å². The van der Waals surface area contributed by atoms with Gasteiger partial charge in [-0.1, -0.05) is 181 Å². The van der Waals surface area contributed by atoms with Gasteiger partial charge in [0.2, 0.25) is 0 Å². The summed E-state index contributed by atoms with van der Waals surface area (Å²) in [6.45, 7) is 11.6. The number of nitrogens with zero attached hydrogens (tertiary/aromatic N) is 2. The summed E-state index contributed by atoms with van der Waals surface area (Å²) in [6, 6.07) is 6.08. The molecule has 0 bridgehead atoms.